The van der Waals surface area contributed by atoms with Gasteiger partial charge in [-0.1, -0.05) is 11.2 Å². The lowest BCUT2D eigenvalue weighted by Crippen LogP contribution is -2.25. The van der Waals surface area contributed by atoms with Crippen LogP contribution in [0.15, 0.2) is 22.7 Å². The lowest BCUT2D eigenvalue weighted by Gasteiger charge is -2.22. The van der Waals surface area contributed by atoms with Crippen molar-refractivity contribution in [2.45, 2.75) is 44.6 Å². The summed E-state index contributed by atoms with van der Waals surface area (Å²) in [6.45, 7) is 1.95. The van der Waals surface area contributed by atoms with Crippen molar-refractivity contribution in [3.05, 3.63) is 29.8 Å². The Morgan fingerprint density at radius 3 is 2.68 bits per heavy atom. The largest absolute Gasteiger partial charge is 0.339 e. The Hall–Kier alpha value is -1.75. The molecule has 100 valence electrons. The van der Waals surface area contributed by atoms with Crippen LogP contribution in [0.3, 0.4) is 0 Å². The highest BCUT2D eigenvalue weighted by Crippen LogP contribution is 2.31. The van der Waals surface area contributed by atoms with Gasteiger partial charge < -0.3 is 10.3 Å². The van der Waals surface area contributed by atoms with E-state index in [-0.39, 0.29) is 0 Å². The van der Waals surface area contributed by atoms with Gasteiger partial charge in [0.15, 0.2) is 0 Å². The first-order valence-corrected chi connectivity index (χ1v) is 6.75. The molecule has 3 rings (SSSR count). The Balaban J connectivity index is 1.80. The quantitative estimate of drug-likeness (QED) is 0.895. The monoisotopic (exact) mass is 258 g/mol. The molecule has 5 nitrogen and oxygen atoms in total. The van der Waals surface area contributed by atoms with Crippen molar-refractivity contribution in [2.75, 3.05) is 0 Å². The summed E-state index contributed by atoms with van der Waals surface area (Å²) in [6, 6.07) is 6.13. The van der Waals surface area contributed by atoms with E-state index in [1.54, 1.807) is 0 Å². The van der Waals surface area contributed by atoms with Crippen LogP contribution in [0.1, 0.15) is 43.2 Å². The van der Waals surface area contributed by atoms with Crippen LogP contribution in [0.25, 0.3) is 11.5 Å². The Bertz CT molecular complexity index is 558. The van der Waals surface area contributed by atoms with Crippen LogP contribution in [-0.4, -0.2) is 21.2 Å². The average molecular weight is 258 g/mol. The van der Waals surface area contributed by atoms with Gasteiger partial charge in [0.05, 0.1) is 0 Å². The number of nitrogens with two attached hydrogens (primary N) is 1. The van der Waals surface area contributed by atoms with Gasteiger partial charge in [0.2, 0.25) is 11.7 Å². The first-order valence-electron chi connectivity index (χ1n) is 6.75. The first-order chi connectivity index (χ1) is 9.22. The number of nitrogens with zero attached hydrogens (tertiary/aromatic N) is 3. The summed E-state index contributed by atoms with van der Waals surface area (Å²) in [5, 5.41) is 4.04. The van der Waals surface area contributed by atoms with Crippen LogP contribution < -0.4 is 5.73 Å². The van der Waals surface area contributed by atoms with Gasteiger partial charge in [-0.15, -0.1) is 0 Å². The van der Waals surface area contributed by atoms with E-state index in [9.17, 15) is 0 Å². The number of rotatable bonds is 2. The number of pyridine rings is 1. The third-order valence-corrected chi connectivity index (χ3v) is 3.68. The third kappa shape index (κ3) is 2.66. The minimum absolute atomic E-state index is 0.331. The summed E-state index contributed by atoms with van der Waals surface area (Å²) in [5.74, 6) is 1.66. The first kappa shape index (κ1) is 12.3. The van der Waals surface area contributed by atoms with Crippen LogP contribution in [-0.2, 0) is 0 Å². The molecule has 2 heterocycles. The molecule has 0 bridgehead atoms. The van der Waals surface area contributed by atoms with Crippen molar-refractivity contribution in [1.29, 1.82) is 0 Å². The van der Waals surface area contributed by atoms with E-state index >= 15 is 0 Å². The maximum Gasteiger partial charge on any atom is 0.230 e. The fourth-order valence-corrected chi connectivity index (χ4v) is 2.54. The van der Waals surface area contributed by atoms with Gasteiger partial charge in [-0.3, -0.25) is 0 Å². The van der Waals surface area contributed by atoms with Crippen LogP contribution in [0.4, 0.5) is 0 Å². The molecule has 1 aliphatic rings. The highest BCUT2D eigenvalue weighted by molar-refractivity contribution is 5.48. The molecule has 1 aliphatic carbocycles. The van der Waals surface area contributed by atoms with Gasteiger partial charge in [-0.25, -0.2) is 4.98 Å². The van der Waals surface area contributed by atoms with Crippen LogP contribution in [0.2, 0.25) is 0 Å². The molecule has 2 aromatic heterocycles. The highest BCUT2D eigenvalue weighted by atomic mass is 16.5. The van der Waals surface area contributed by atoms with Gasteiger partial charge in [0.25, 0.3) is 0 Å². The topological polar surface area (TPSA) is 77.8 Å². The second-order valence-corrected chi connectivity index (χ2v) is 5.23. The summed E-state index contributed by atoms with van der Waals surface area (Å²) >= 11 is 0. The smallest absolute Gasteiger partial charge is 0.230 e. The molecule has 5 heteroatoms. The fraction of sp³-hybridized carbons (Fsp3) is 0.500. The standard InChI is InChI=1S/C14H18N4O/c1-9-3-2-4-12(16-9)13-17-14(19-18-13)10-5-7-11(15)8-6-10/h2-4,10-11H,5-8,15H2,1H3. The number of hydrogen-bond donors (Lipinski definition) is 1. The molecule has 0 aromatic carbocycles. The van der Waals surface area contributed by atoms with Gasteiger partial charge in [-0.2, -0.15) is 4.98 Å². The predicted octanol–water partition coefficient (Wildman–Crippen LogP) is 2.42. The lowest BCUT2D eigenvalue weighted by molar-refractivity contribution is 0.301. The summed E-state index contributed by atoms with van der Waals surface area (Å²) in [4.78, 5) is 8.90. The zero-order valence-electron chi connectivity index (χ0n) is 11.0. The van der Waals surface area contributed by atoms with Crippen molar-refractivity contribution in [3.63, 3.8) is 0 Å². The number of aromatic nitrogens is 3. The van der Waals surface area contributed by atoms with Crippen LogP contribution >= 0.6 is 0 Å². The molecule has 2 aromatic rings. The van der Waals surface area contributed by atoms with E-state index in [1.807, 2.05) is 25.1 Å². The molecule has 1 saturated carbocycles. The second kappa shape index (κ2) is 5.09. The molecule has 2 N–H and O–H groups in total. The molecule has 0 spiro atoms. The van der Waals surface area contributed by atoms with Crippen LogP contribution in [0, 0.1) is 6.92 Å². The summed E-state index contributed by atoms with van der Waals surface area (Å²) in [6.07, 6.45) is 4.13. The Morgan fingerprint density at radius 2 is 1.95 bits per heavy atom. The second-order valence-electron chi connectivity index (χ2n) is 5.23. The minimum atomic E-state index is 0.331. The zero-order valence-corrected chi connectivity index (χ0v) is 11.0. The van der Waals surface area contributed by atoms with E-state index < -0.39 is 0 Å². The fourth-order valence-electron chi connectivity index (χ4n) is 2.54. The molecule has 0 aliphatic heterocycles. The lowest BCUT2D eigenvalue weighted by atomic mass is 9.86. The van der Waals surface area contributed by atoms with Crippen molar-refractivity contribution >= 4 is 0 Å². The molecule has 0 saturated heterocycles. The Labute approximate surface area is 112 Å². The summed E-state index contributed by atoms with van der Waals surface area (Å²) in [7, 11) is 0. The van der Waals surface area contributed by atoms with Gasteiger partial charge in [0.1, 0.15) is 5.69 Å². The van der Waals surface area contributed by atoms with E-state index in [4.69, 9.17) is 10.3 Å². The van der Waals surface area contributed by atoms with Crippen molar-refractivity contribution in [2.24, 2.45) is 5.73 Å². The van der Waals surface area contributed by atoms with E-state index in [1.165, 1.54) is 0 Å². The maximum atomic E-state index is 5.91. The Kier molecular flexibility index (Phi) is 3.29. The molecular formula is C14H18N4O. The van der Waals surface area contributed by atoms with E-state index in [0.29, 0.717) is 17.8 Å². The van der Waals surface area contributed by atoms with Gasteiger partial charge >= 0.3 is 0 Å². The maximum absolute atomic E-state index is 5.91. The van der Waals surface area contributed by atoms with Crippen molar-refractivity contribution in [3.8, 4) is 11.5 Å². The molecule has 0 unspecified atom stereocenters. The van der Waals surface area contributed by atoms with Crippen molar-refractivity contribution in [1.82, 2.24) is 15.1 Å². The number of aryl methyl sites for hydroxylation is 1. The predicted molar refractivity (Wildman–Crippen MR) is 71.5 cm³/mol. The molecule has 0 atom stereocenters. The average Bonchev–Trinajstić information content (AvgIpc) is 2.89. The van der Waals surface area contributed by atoms with Crippen LogP contribution in [0.5, 0.6) is 0 Å². The molecule has 1 fully saturated rings. The molecule has 0 amide bonds. The van der Waals surface area contributed by atoms with E-state index in [2.05, 4.69) is 15.1 Å². The minimum Gasteiger partial charge on any atom is -0.339 e. The third-order valence-electron chi connectivity index (χ3n) is 3.68. The summed E-state index contributed by atoms with van der Waals surface area (Å²) < 4.78 is 5.39. The Morgan fingerprint density at radius 1 is 1.16 bits per heavy atom. The van der Waals surface area contributed by atoms with Crippen molar-refractivity contribution < 1.29 is 4.52 Å². The molecular weight excluding hydrogens is 240 g/mol. The summed E-state index contributed by atoms with van der Waals surface area (Å²) in [5.41, 5.74) is 7.63. The SMILES string of the molecule is Cc1cccc(-c2noc(C3CCC(N)CC3)n2)n1. The highest BCUT2D eigenvalue weighted by Gasteiger charge is 2.25. The van der Waals surface area contributed by atoms with E-state index in [0.717, 1.165) is 43.0 Å². The molecule has 19 heavy (non-hydrogen) atoms. The van der Waals surface area contributed by atoms with Gasteiger partial charge in [-0.05, 0) is 44.7 Å². The van der Waals surface area contributed by atoms with Gasteiger partial charge in [0, 0.05) is 17.7 Å². The molecule has 0 radical (unpaired) electrons. The number of hydrogen-bond acceptors (Lipinski definition) is 5. The zero-order chi connectivity index (χ0) is 13.2. The normalized spacial score (nSPS) is 23.5.